The van der Waals surface area contributed by atoms with Crippen LogP contribution in [0.2, 0.25) is 0 Å². The molecule has 1 amide bonds. The molecule has 0 unspecified atom stereocenters. The molecule has 110 valence electrons. The lowest BCUT2D eigenvalue weighted by atomic mass is 10.1. The molecule has 0 radical (unpaired) electrons. The Morgan fingerprint density at radius 1 is 1.33 bits per heavy atom. The van der Waals surface area contributed by atoms with Gasteiger partial charge in [0.15, 0.2) is 11.5 Å². The minimum absolute atomic E-state index is 0.131. The van der Waals surface area contributed by atoms with E-state index in [9.17, 15) is 4.79 Å². The predicted octanol–water partition coefficient (Wildman–Crippen LogP) is 1.35. The molecule has 2 aromatic rings. The van der Waals surface area contributed by atoms with E-state index in [1.165, 1.54) is 12.4 Å². The zero-order valence-electron chi connectivity index (χ0n) is 12.1. The van der Waals surface area contributed by atoms with Crippen LogP contribution in [0.1, 0.15) is 21.6 Å². The van der Waals surface area contributed by atoms with Crippen molar-refractivity contribution in [2.24, 2.45) is 0 Å². The molecular weight excluding hydrogens is 268 g/mol. The third-order valence-electron chi connectivity index (χ3n) is 3.11. The number of rotatable bonds is 5. The van der Waals surface area contributed by atoms with E-state index in [0.717, 1.165) is 16.9 Å². The smallest absolute Gasteiger partial charge is 0.273 e. The van der Waals surface area contributed by atoms with E-state index in [-0.39, 0.29) is 17.4 Å². The second kappa shape index (κ2) is 6.69. The van der Waals surface area contributed by atoms with Crippen LogP contribution in [0.15, 0.2) is 30.6 Å². The van der Waals surface area contributed by atoms with E-state index >= 15 is 0 Å². The number of carbonyl (C=O) groups excluding carboxylic acids is 1. The lowest BCUT2D eigenvalue weighted by Gasteiger charge is -2.09. The van der Waals surface area contributed by atoms with Crippen molar-refractivity contribution >= 4 is 11.7 Å². The van der Waals surface area contributed by atoms with Gasteiger partial charge in [-0.2, -0.15) is 0 Å². The molecule has 6 heteroatoms. The Kier molecular flexibility index (Phi) is 4.71. The van der Waals surface area contributed by atoms with Crippen LogP contribution in [0.25, 0.3) is 0 Å². The quantitative estimate of drug-likeness (QED) is 0.866. The van der Waals surface area contributed by atoms with Gasteiger partial charge in [-0.05, 0) is 30.5 Å². The van der Waals surface area contributed by atoms with E-state index in [1.807, 2.05) is 25.1 Å². The van der Waals surface area contributed by atoms with Crippen molar-refractivity contribution in [3.05, 3.63) is 47.4 Å². The molecule has 1 aromatic heterocycles. The van der Waals surface area contributed by atoms with Crippen LogP contribution in [0.3, 0.4) is 0 Å². The molecule has 3 N–H and O–H groups in total. The Bertz CT molecular complexity index is 643. The molecule has 0 bridgehead atoms. The molecule has 0 aliphatic carbocycles. The Morgan fingerprint density at radius 2 is 2.10 bits per heavy atom. The summed E-state index contributed by atoms with van der Waals surface area (Å²) in [7, 11) is 1.64. The summed E-state index contributed by atoms with van der Waals surface area (Å²) in [5.74, 6) is 0.656. The van der Waals surface area contributed by atoms with Crippen LogP contribution in [0, 0.1) is 6.92 Å². The molecule has 0 atom stereocenters. The van der Waals surface area contributed by atoms with E-state index in [1.54, 1.807) is 7.11 Å². The first-order valence-electron chi connectivity index (χ1n) is 6.60. The second-order valence-corrected chi connectivity index (χ2v) is 4.60. The first-order valence-corrected chi connectivity index (χ1v) is 6.60. The molecule has 0 aliphatic rings. The fraction of sp³-hybridized carbons (Fsp3) is 0.267. The molecule has 0 saturated heterocycles. The van der Waals surface area contributed by atoms with Gasteiger partial charge in [0, 0.05) is 18.9 Å². The Morgan fingerprint density at radius 3 is 2.81 bits per heavy atom. The number of nitrogen functional groups attached to an aromatic ring is 1. The van der Waals surface area contributed by atoms with E-state index in [0.29, 0.717) is 13.0 Å². The SMILES string of the molecule is COc1cc(CCNC(=O)c2nccnc2N)ccc1C. The second-order valence-electron chi connectivity index (χ2n) is 4.60. The van der Waals surface area contributed by atoms with Crippen molar-refractivity contribution in [3.8, 4) is 5.75 Å². The third-order valence-corrected chi connectivity index (χ3v) is 3.11. The van der Waals surface area contributed by atoms with Gasteiger partial charge in [-0.3, -0.25) is 4.79 Å². The normalized spacial score (nSPS) is 10.2. The van der Waals surface area contributed by atoms with Crippen LogP contribution in [0.5, 0.6) is 5.75 Å². The minimum atomic E-state index is -0.320. The maximum absolute atomic E-state index is 11.9. The Balaban J connectivity index is 1.93. The van der Waals surface area contributed by atoms with Crippen molar-refractivity contribution in [1.82, 2.24) is 15.3 Å². The molecule has 0 spiro atoms. The van der Waals surface area contributed by atoms with Gasteiger partial charge < -0.3 is 15.8 Å². The molecule has 0 saturated carbocycles. The summed E-state index contributed by atoms with van der Waals surface area (Å²) in [4.78, 5) is 19.7. The molecule has 0 aliphatic heterocycles. The van der Waals surface area contributed by atoms with Crippen LogP contribution in [-0.2, 0) is 6.42 Å². The van der Waals surface area contributed by atoms with Gasteiger partial charge in [0.25, 0.3) is 5.91 Å². The lowest BCUT2D eigenvalue weighted by molar-refractivity contribution is 0.0950. The summed E-state index contributed by atoms with van der Waals surface area (Å²) in [6.45, 7) is 2.47. The van der Waals surface area contributed by atoms with Gasteiger partial charge >= 0.3 is 0 Å². The average Bonchev–Trinajstić information content (AvgIpc) is 2.49. The molecule has 1 aromatic carbocycles. The number of ether oxygens (including phenoxy) is 1. The van der Waals surface area contributed by atoms with Gasteiger partial charge in [-0.25, -0.2) is 9.97 Å². The summed E-state index contributed by atoms with van der Waals surface area (Å²) < 4.78 is 5.28. The monoisotopic (exact) mass is 286 g/mol. The maximum atomic E-state index is 11.9. The molecule has 6 nitrogen and oxygen atoms in total. The number of amides is 1. The summed E-state index contributed by atoms with van der Waals surface area (Å²) in [6, 6.07) is 5.98. The molecule has 21 heavy (non-hydrogen) atoms. The van der Waals surface area contributed by atoms with Crippen LogP contribution < -0.4 is 15.8 Å². The van der Waals surface area contributed by atoms with Gasteiger partial charge in [0.2, 0.25) is 0 Å². The number of nitrogens with zero attached hydrogens (tertiary/aromatic N) is 2. The fourth-order valence-corrected chi connectivity index (χ4v) is 1.95. The first kappa shape index (κ1) is 14.8. The van der Waals surface area contributed by atoms with Crippen LogP contribution >= 0.6 is 0 Å². The number of benzene rings is 1. The predicted molar refractivity (Wildman–Crippen MR) is 80.2 cm³/mol. The summed E-state index contributed by atoms with van der Waals surface area (Å²) in [6.07, 6.45) is 3.59. The van der Waals surface area contributed by atoms with Gasteiger partial charge in [-0.1, -0.05) is 12.1 Å². The minimum Gasteiger partial charge on any atom is -0.496 e. The number of hydrogen-bond acceptors (Lipinski definition) is 5. The topological polar surface area (TPSA) is 90.1 Å². The molecule has 1 heterocycles. The van der Waals surface area contributed by atoms with E-state index in [4.69, 9.17) is 10.5 Å². The van der Waals surface area contributed by atoms with Crippen molar-refractivity contribution in [2.75, 3.05) is 19.4 Å². The van der Waals surface area contributed by atoms with E-state index in [2.05, 4.69) is 15.3 Å². The molecular formula is C15H18N4O2. The highest BCUT2D eigenvalue weighted by atomic mass is 16.5. The zero-order chi connectivity index (χ0) is 15.2. The number of methoxy groups -OCH3 is 1. The average molecular weight is 286 g/mol. The number of nitrogens with two attached hydrogens (primary N) is 1. The van der Waals surface area contributed by atoms with E-state index < -0.39 is 0 Å². The van der Waals surface area contributed by atoms with Gasteiger partial charge in [0.05, 0.1) is 7.11 Å². The standard InChI is InChI=1S/C15H18N4O2/c1-10-3-4-11(9-12(10)21-2)5-6-19-15(20)13-14(16)18-8-7-17-13/h3-4,7-9H,5-6H2,1-2H3,(H2,16,18)(H,19,20). The largest absolute Gasteiger partial charge is 0.496 e. The van der Waals surface area contributed by atoms with Crippen molar-refractivity contribution in [2.45, 2.75) is 13.3 Å². The maximum Gasteiger partial charge on any atom is 0.273 e. The summed E-state index contributed by atoms with van der Waals surface area (Å²) in [5.41, 5.74) is 7.93. The molecule has 2 rings (SSSR count). The van der Waals surface area contributed by atoms with Gasteiger partial charge in [0.1, 0.15) is 5.75 Å². The van der Waals surface area contributed by atoms with Crippen LogP contribution in [0.4, 0.5) is 5.82 Å². The fourth-order valence-electron chi connectivity index (χ4n) is 1.95. The molecule has 0 fully saturated rings. The number of hydrogen-bond donors (Lipinski definition) is 2. The van der Waals surface area contributed by atoms with Crippen LogP contribution in [-0.4, -0.2) is 29.5 Å². The number of nitrogens with one attached hydrogen (secondary N) is 1. The summed E-state index contributed by atoms with van der Waals surface area (Å²) in [5, 5.41) is 2.78. The highest BCUT2D eigenvalue weighted by Crippen LogP contribution is 2.19. The number of anilines is 1. The Labute approximate surface area is 123 Å². The summed E-state index contributed by atoms with van der Waals surface area (Å²) >= 11 is 0. The Hall–Kier alpha value is -2.63. The van der Waals surface area contributed by atoms with Gasteiger partial charge in [-0.15, -0.1) is 0 Å². The highest BCUT2D eigenvalue weighted by molar-refractivity contribution is 5.96. The van der Waals surface area contributed by atoms with Crippen molar-refractivity contribution < 1.29 is 9.53 Å². The third kappa shape index (κ3) is 3.68. The number of aryl methyl sites for hydroxylation is 1. The first-order chi connectivity index (χ1) is 10.1. The number of carbonyl (C=O) groups is 1. The highest BCUT2D eigenvalue weighted by Gasteiger charge is 2.11. The van der Waals surface area contributed by atoms with Crippen molar-refractivity contribution in [1.29, 1.82) is 0 Å². The lowest BCUT2D eigenvalue weighted by Crippen LogP contribution is -2.27. The zero-order valence-corrected chi connectivity index (χ0v) is 12.1. The van der Waals surface area contributed by atoms with Crippen molar-refractivity contribution in [3.63, 3.8) is 0 Å². The number of aromatic nitrogens is 2.